The summed E-state index contributed by atoms with van der Waals surface area (Å²) in [4.78, 5) is 37.2. The Morgan fingerprint density at radius 3 is 1.38 bits per heavy atom. The minimum Gasteiger partial charge on any atom is -0.477 e. The molecule has 1 N–H and O–H groups in total. The van der Waals surface area contributed by atoms with Crippen molar-refractivity contribution in [1.29, 1.82) is 0 Å². The third-order valence-corrected chi connectivity index (χ3v) is 11.4. The predicted molar refractivity (Wildman–Crippen MR) is 270 cm³/mol. The lowest BCUT2D eigenvalue weighted by molar-refractivity contribution is -0.887. The van der Waals surface area contributed by atoms with E-state index in [0.717, 1.165) is 77.0 Å². The molecule has 0 aliphatic heterocycles. The Labute approximate surface area is 393 Å². The molecule has 64 heavy (non-hydrogen) atoms. The number of quaternary nitrogens is 1. The van der Waals surface area contributed by atoms with Crippen LogP contribution < -0.4 is 0 Å². The number of ether oxygens (including phenoxy) is 3. The molecule has 0 radical (unpaired) electrons. The molecule has 0 heterocycles. The van der Waals surface area contributed by atoms with Crippen molar-refractivity contribution in [2.45, 2.75) is 225 Å². The fourth-order valence-electron chi connectivity index (χ4n) is 7.37. The molecule has 2 atom stereocenters. The van der Waals surface area contributed by atoms with Crippen LogP contribution in [0.1, 0.15) is 213 Å². The van der Waals surface area contributed by atoms with Gasteiger partial charge < -0.3 is 23.8 Å². The second-order valence-corrected chi connectivity index (χ2v) is 18.5. The van der Waals surface area contributed by atoms with Crippen molar-refractivity contribution in [3.05, 3.63) is 72.9 Å². The van der Waals surface area contributed by atoms with Gasteiger partial charge in [0.1, 0.15) is 6.61 Å². The van der Waals surface area contributed by atoms with E-state index in [1.54, 1.807) is 0 Å². The molecule has 0 amide bonds. The fraction of sp³-hybridized carbons (Fsp3) is 0.732. The van der Waals surface area contributed by atoms with Crippen LogP contribution in [0.3, 0.4) is 0 Å². The quantitative estimate of drug-likeness (QED) is 0.0214. The number of rotatable bonds is 46. The Bertz CT molecular complexity index is 1270. The summed E-state index contributed by atoms with van der Waals surface area (Å²) < 4.78 is 17.3. The van der Waals surface area contributed by atoms with Crippen LogP contribution in [0.25, 0.3) is 0 Å². The molecule has 0 rings (SSSR count). The molecule has 0 aromatic heterocycles. The molecule has 0 aromatic carbocycles. The van der Waals surface area contributed by atoms with Gasteiger partial charge in [-0.3, -0.25) is 9.59 Å². The van der Waals surface area contributed by atoms with Crippen LogP contribution in [-0.2, 0) is 28.6 Å². The second-order valence-electron chi connectivity index (χ2n) is 18.5. The first-order chi connectivity index (χ1) is 31.1. The molecular formula is C56H98NO7+. The summed E-state index contributed by atoms with van der Waals surface area (Å²) in [6.45, 7) is 4.67. The Balaban J connectivity index is 4.31. The molecular weight excluding hydrogens is 799 g/mol. The van der Waals surface area contributed by atoms with E-state index in [1.807, 2.05) is 21.1 Å². The lowest BCUT2D eigenvalue weighted by Crippen LogP contribution is -2.50. The maximum absolute atomic E-state index is 12.8. The highest BCUT2D eigenvalue weighted by molar-refractivity contribution is 5.72. The van der Waals surface area contributed by atoms with E-state index in [0.29, 0.717) is 19.3 Å². The molecule has 0 aliphatic carbocycles. The first-order valence-corrected chi connectivity index (χ1v) is 26.0. The summed E-state index contributed by atoms with van der Waals surface area (Å²) in [5, 5.41) is 9.65. The summed E-state index contributed by atoms with van der Waals surface area (Å²) in [6.07, 6.45) is 59.5. The van der Waals surface area contributed by atoms with Gasteiger partial charge >= 0.3 is 17.9 Å². The van der Waals surface area contributed by atoms with Crippen molar-refractivity contribution in [3.8, 4) is 0 Å². The zero-order chi connectivity index (χ0) is 47.0. The highest BCUT2D eigenvalue weighted by atomic mass is 16.6. The number of nitrogens with zero attached hydrogens (tertiary/aromatic N) is 1. The zero-order valence-corrected chi connectivity index (χ0v) is 42.0. The van der Waals surface area contributed by atoms with Crippen molar-refractivity contribution in [3.63, 3.8) is 0 Å². The van der Waals surface area contributed by atoms with Gasteiger partial charge in [0.05, 0.1) is 34.4 Å². The molecule has 0 saturated carbocycles. The monoisotopic (exact) mass is 897 g/mol. The Morgan fingerprint density at radius 1 is 0.484 bits per heavy atom. The van der Waals surface area contributed by atoms with E-state index in [2.05, 4.69) is 86.8 Å². The third-order valence-electron chi connectivity index (χ3n) is 11.4. The largest absolute Gasteiger partial charge is 0.477 e. The van der Waals surface area contributed by atoms with Crippen molar-refractivity contribution in [2.75, 3.05) is 41.0 Å². The number of allylic oxidation sites excluding steroid dienone is 12. The van der Waals surface area contributed by atoms with E-state index < -0.39 is 18.1 Å². The maximum atomic E-state index is 12.8. The molecule has 8 heteroatoms. The molecule has 0 fully saturated rings. The summed E-state index contributed by atoms with van der Waals surface area (Å²) in [5.74, 6) is -1.51. The topological polar surface area (TPSA) is 99.1 Å². The highest BCUT2D eigenvalue weighted by Crippen LogP contribution is 2.14. The number of hydrogen-bond donors (Lipinski definition) is 1. The standard InChI is InChI=1S/C56H97NO7/c1-6-8-10-12-14-16-18-20-22-24-26-27-28-29-31-32-34-36-38-40-42-44-46-54(58)63-51-52(50-62-49-48-53(56(60)61)57(3,4)5)64-55(59)47-45-43-41-39-37-35-33-30-25-23-21-19-17-15-13-11-9-7-2/h15,17,19,21,23-26,28-30,33,52-53H,6-14,16,18,20,22,27,31-32,34-51H2,1-5H3/p+1/b17-15+,21-19+,25-23+,26-24+,29-28+,33-30+. The van der Waals surface area contributed by atoms with Crippen molar-refractivity contribution in [2.24, 2.45) is 0 Å². The normalized spacial score (nSPS) is 13.5. The number of carboxylic acid groups (broad SMARTS) is 1. The number of hydrogen-bond acceptors (Lipinski definition) is 6. The second kappa shape index (κ2) is 46.3. The molecule has 0 saturated heterocycles. The summed E-state index contributed by atoms with van der Waals surface area (Å²) in [6, 6.07) is -0.625. The average Bonchev–Trinajstić information content (AvgIpc) is 3.26. The number of carboxylic acids is 1. The minimum absolute atomic E-state index is 0.0455. The van der Waals surface area contributed by atoms with Crippen molar-refractivity contribution >= 4 is 17.9 Å². The fourth-order valence-corrected chi connectivity index (χ4v) is 7.37. The van der Waals surface area contributed by atoms with Gasteiger partial charge in [0.25, 0.3) is 0 Å². The Hall–Kier alpha value is -3.23. The first kappa shape index (κ1) is 60.8. The summed E-state index contributed by atoms with van der Waals surface area (Å²) >= 11 is 0. The highest BCUT2D eigenvalue weighted by Gasteiger charge is 2.31. The van der Waals surface area contributed by atoms with Gasteiger partial charge in [-0.2, -0.15) is 0 Å². The average molecular weight is 897 g/mol. The van der Waals surface area contributed by atoms with Crippen LogP contribution in [0, 0.1) is 0 Å². The lowest BCUT2D eigenvalue weighted by atomic mass is 10.1. The van der Waals surface area contributed by atoms with Crippen LogP contribution in [0.4, 0.5) is 0 Å². The number of likely N-dealkylation sites (N-methyl/N-ethyl adjacent to an activating group) is 1. The van der Waals surface area contributed by atoms with E-state index in [-0.39, 0.29) is 36.2 Å². The molecule has 0 aliphatic rings. The van der Waals surface area contributed by atoms with Gasteiger partial charge in [-0.15, -0.1) is 0 Å². The lowest BCUT2D eigenvalue weighted by Gasteiger charge is -2.31. The number of carbonyl (C=O) groups excluding carboxylic acids is 2. The zero-order valence-electron chi connectivity index (χ0n) is 42.0. The molecule has 8 nitrogen and oxygen atoms in total. The first-order valence-electron chi connectivity index (χ1n) is 26.0. The molecule has 2 unspecified atom stereocenters. The van der Waals surface area contributed by atoms with Crippen molar-refractivity contribution in [1.82, 2.24) is 0 Å². The third kappa shape index (κ3) is 44.0. The number of esters is 2. The minimum atomic E-state index is -0.882. The van der Waals surface area contributed by atoms with Gasteiger partial charge in [0, 0.05) is 19.3 Å². The molecule has 0 spiro atoms. The van der Waals surface area contributed by atoms with Gasteiger partial charge in [-0.05, 0) is 70.6 Å². The van der Waals surface area contributed by atoms with Gasteiger partial charge in [0.2, 0.25) is 0 Å². The maximum Gasteiger partial charge on any atom is 0.362 e. The van der Waals surface area contributed by atoms with E-state index >= 15 is 0 Å². The van der Waals surface area contributed by atoms with E-state index in [1.165, 1.54) is 103 Å². The SMILES string of the molecule is CCCCC/C=C/C=C/C=C/C=C/CCCCCCCC(=O)OC(COCCC(C(=O)O)[N+](C)(C)C)COC(=O)CCCCCCCCC/C=C/C/C=C/CCCCCCCCCC. The summed E-state index contributed by atoms with van der Waals surface area (Å²) in [7, 11) is 5.52. The van der Waals surface area contributed by atoms with Crippen LogP contribution in [-0.4, -0.2) is 80.6 Å². The number of carbonyl (C=O) groups is 3. The van der Waals surface area contributed by atoms with Crippen LogP contribution in [0.2, 0.25) is 0 Å². The molecule has 368 valence electrons. The van der Waals surface area contributed by atoms with Crippen molar-refractivity contribution < 1.29 is 38.2 Å². The number of aliphatic carboxylic acids is 1. The van der Waals surface area contributed by atoms with Gasteiger partial charge in [-0.1, -0.05) is 196 Å². The smallest absolute Gasteiger partial charge is 0.362 e. The number of unbranched alkanes of at least 4 members (excludes halogenated alkanes) is 23. The summed E-state index contributed by atoms with van der Waals surface area (Å²) in [5.41, 5.74) is 0. The Kier molecular flexibility index (Phi) is 44.0. The predicted octanol–water partition coefficient (Wildman–Crippen LogP) is 15.1. The van der Waals surface area contributed by atoms with Crippen LogP contribution in [0.5, 0.6) is 0 Å². The van der Waals surface area contributed by atoms with Crippen LogP contribution in [0.15, 0.2) is 72.9 Å². The van der Waals surface area contributed by atoms with Crippen LogP contribution >= 0.6 is 0 Å². The van der Waals surface area contributed by atoms with E-state index in [9.17, 15) is 19.5 Å². The molecule has 0 bridgehead atoms. The van der Waals surface area contributed by atoms with E-state index in [4.69, 9.17) is 14.2 Å². The van der Waals surface area contributed by atoms with Gasteiger partial charge in [0.15, 0.2) is 12.1 Å². The molecule has 0 aromatic rings. The Morgan fingerprint density at radius 2 is 0.891 bits per heavy atom. The van der Waals surface area contributed by atoms with Gasteiger partial charge in [-0.25, -0.2) is 4.79 Å².